The van der Waals surface area contributed by atoms with Crippen molar-refractivity contribution in [2.75, 3.05) is 37.7 Å². The number of anilines is 1. The number of hydrazone groups is 1. The molecule has 0 bridgehead atoms. The van der Waals surface area contributed by atoms with Gasteiger partial charge in [0.2, 0.25) is 0 Å². The standard InChI is InChI=1S/C18H19FN6OS/c19-14-3-7-21-16-15(4-12-26-17(14)16)22-23-18(27)25-10-8-24(9-11-25)13-1-5-20-6-2-13/h1-3,5-7H,4,8-12H2,(H,23,27)/b22-15-. The Labute approximate surface area is 161 Å². The molecule has 0 aromatic carbocycles. The molecule has 1 saturated heterocycles. The summed E-state index contributed by atoms with van der Waals surface area (Å²) >= 11 is 5.48. The third kappa shape index (κ3) is 3.82. The number of piperazine rings is 1. The molecule has 1 fully saturated rings. The van der Waals surface area contributed by atoms with E-state index in [1.165, 1.54) is 12.3 Å². The van der Waals surface area contributed by atoms with Crippen LogP contribution in [0.4, 0.5) is 10.1 Å². The number of hydrogen-bond acceptors (Lipinski definition) is 6. The molecular formula is C18H19FN6OS. The Kier molecular flexibility index (Phi) is 5.10. The first kappa shape index (κ1) is 17.6. The second kappa shape index (κ2) is 7.83. The van der Waals surface area contributed by atoms with Gasteiger partial charge in [-0.2, -0.15) is 5.10 Å². The average molecular weight is 386 g/mol. The van der Waals surface area contributed by atoms with Gasteiger partial charge in [0.05, 0.1) is 12.3 Å². The second-order valence-corrected chi connectivity index (χ2v) is 6.61. The number of hydrogen-bond donors (Lipinski definition) is 1. The smallest absolute Gasteiger partial charge is 0.189 e. The van der Waals surface area contributed by atoms with Crippen molar-refractivity contribution in [1.29, 1.82) is 0 Å². The Bertz CT molecular complexity index is 854. The summed E-state index contributed by atoms with van der Waals surface area (Å²) in [5.74, 6) is -0.275. The van der Waals surface area contributed by atoms with E-state index >= 15 is 0 Å². The molecule has 2 aliphatic heterocycles. The number of aromatic nitrogens is 2. The van der Waals surface area contributed by atoms with E-state index < -0.39 is 5.82 Å². The highest BCUT2D eigenvalue weighted by molar-refractivity contribution is 7.80. The average Bonchev–Trinajstić information content (AvgIpc) is 2.73. The van der Waals surface area contributed by atoms with E-state index in [-0.39, 0.29) is 5.75 Å². The van der Waals surface area contributed by atoms with Crippen molar-refractivity contribution in [3.8, 4) is 5.75 Å². The van der Waals surface area contributed by atoms with Gasteiger partial charge in [-0.15, -0.1) is 0 Å². The summed E-state index contributed by atoms with van der Waals surface area (Å²) in [5.41, 5.74) is 5.17. The van der Waals surface area contributed by atoms with E-state index in [1.807, 2.05) is 12.1 Å². The fourth-order valence-electron chi connectivity index (χ4n) is 3.15. The molecule has 9 heteroatoms. The number of thiocarbonyl (C=S) groups is 1. The summed E-state index contributed by atoms with van der Waals surface area (Å²) in [7, 11) is 0. The quantitative estimate of drug-likeness (QED) is 0.624. The van der Waals surface area contributed by atoms with Crippen LogP contribution in [0.2, 0.25) is 0 Å². The number of fused-ring (bicyclic) bond motifs is 1. The van der Waals surface area contributed by atoms with E-state index in [9.17, 15) is 4.39 Å². The molecule has 1 N–H and O–H groups in total. The maximum absolute atomic E-state index is 13.8. The molecule has 0 spiro atoms. The fraction of sp³-hybridized carbons (Fsp3) is 0.333. The molecule has 27 heavy (non-hydrogen) atoms. The highest BCUT2D eigenvalue weighted by Crippen LogP contribution is 2.25. The van der Waals surface area contributed by atoms with E-state index in [0.717, 1.165) is 31.9 Å². The summed E-state index contributed by atoms with van der Waals surface area (Å²) < 4.78 is 19.2. The predicted octanol–water partition coefficient (Wildman–Crippen LogP) is 1.80. The van der Waals surface area contributed by atoms with Crippen LogP contribution in [0.15, 0.2) is 41.9 Å². The molecule has 0 aliphatic carbocycles. The van der Waals surface area contributed by atoms with Gasteiger partial charge in [-0.3, -0.25) is 15.4 Å². The lowest BCUT2D eigenvalue weighted by Gasteiger charge is -2.36. The molecule has 0 radical (unpaired) electrons. The van der Waals surface area contributed by atoms with Crippen LogP contribution in [0.25, 0.3) is 0 Å². The third-order valence-corrected chi connectivity index (χ3v) is 4.95. The molecule has 4 rings (SSSR count). The molecule has 0 atom stereocenters. The number of ether oxygens (including phenoxy) is 1. The van der Waals surface area contributed by atoms with E-state index in [4.69, 9.17) is 17.0 Å². The van der Waals surface area contributed by atoms with Gasteiger partial charge in [0.15, 0.2) is 16.7 Å². The molecule has 0 saturated carbocycles. The Morgan fingerprint density at radius 2 is 1.93 bits per heavy atom. The number of nitrogens with one attached hydrogen (secondary N) is 1. The Balaban J connectivity index is 1.37. The third-order valence-electron chi connectivity index (χ3n) is 4.60. The molecule has 4 heterocycles. The maximum Gasteiger partial charge on any atom is 0.189 e. The lowest BCUT2D eigenvalue weighted by Crippen LogP contribution is -2.51. The van der Waals surface area contributed by atoms with Crippen LogP contribution in [0, 0.1) is 5.82 Å². The highest BCUT2D eigenvalue weighted by Gasteiger charge is 2.23. The monoisotopic (exact) mass is 386 g/mol. The maximum atomic E-state index is 13.8. The van der Waals surface area contributed by atoms with Crippen LogP contribution in [-0.4, -0.2) is 58.5 Å². The summed E-state index contributed by atoms with van der Waals surface area (Å²) in [6, 6.07) is 5.29. The number of nitrogens with zero attached hydrogens (tertiary/aromatic N) is 5. The van der Waals surface area contributed by atoms with Crippen molar-refractivity contribution in [2.45, 2.75) is 6.42 Å². The molecule has 2 aromatic rings. The normalized spacial score (nSPS) is 18.0. The van der Waals surface area contributed by atoms with Crippen LogP contribution in [0.5, 0.6) is 5.75 Å². The van der Waals surface area contributed by atoms with Gasteiger partial charge >= 0.3 is 0 Å². The lowest BCUT2D eigenvalue weighted by atomic mass is 10.1. The van der Waals surface area contributed by atoms with Gasteiger partial charge in [0, 0.05) is 56.9 Å². The molecule has 2 aromatic heterocycles. The molecule has 0 unspecified atom stereocenters. The van der Waals surface area contributed by atoms with Gasteiger partial charge < -0.3 is 14.5 Å². The summed E-state index contributed by atoms with van der Waals surface area (Å²) in [5, 5.41) is 4.93. The van der Waals surface area contributed by atoms with Crippen molar-refractivity contribution in [1.82, 2.24) is 20.3 Å². The zero-order valence-electron chi connectivity index (χ0n) is 14.6. The Morgan fingerprint density at radius 1 is 1.15 bits per heavy atom. The summed E-state index contributed by atoms with van der Waals surface area (Å²) in [4.78, 5) is 12.6. The van der Waals surface area contributed by atoms with Crippen LogP contribution in [0.3, 0.4) is 0 Å². The SMILES string of the molecule is Fc1ccnc2c1OCC/C2=N/NC(=S)N1CCN(c2ccncc2)CC1. The van der Waals surface area contributed by atoms with Crippen molar-refractivity contribution in [3.05, 3.63) is 48.3 Å². The lowest BCUT2D eigenvalue weighted by molar-refractivity contribution is 0.300. The van der Waals surface area contributed by atoms with Crippen molar-refractivity contribution in [3.63, 3.8) is 0 Å². The van der Waals surface area contributed by atoms with Crippen molar-refractivity contribution >= 4 is 28.7 Å². The zero-order valence-corrected chi connectivity index (χ0v) is 15.5. The molecular weight excluding hydrogens is 367 g/mol. The van der Waals surface area contributed by atoms with E-state index in [1.54, 1.807) is 12.4 Å². The van der Waals surface area contributed by atoms with Gasteiger partial charge in [0.1, 0.15) is 5.69 Å². The summed E-state index contributed by atoms with van der Waals surface area (Å²) in [6.07, 6.45) is 5.56. The molecule has 7 nitrogen and oxygen atoms in total. The second-order valence-electron chi connectivity index (χ2n) is 6.22. The first-order valence-electron chi connectivity index (χ1n) is 8.76. The van der Waals surface area contributed by atoms with E-state index in [0.29, 0.717) is 29.5 Å². The number of halogens is 1. The van der Waals surface area contributed by atoms with Crippen LogP contribution in [-0.2, 0) is 0 Å². The molecule has 0 amide bonds. The predicted molar refractivity (Wildman–Crippen MR) is 105 cm³/mol. The first-order valence-corrected chi connectivity index (χ1v) is 9.17. The van der Waals surface area contributed by atoms with Gasteiger partial charge in [0.25, 0.3) is 0 Å². The summed E-state index contributed by atoms with van der Waals surface area (Å²) in [6.45, 7) is 3.70. The van der Waals surface area contributed by atoms with Crippen molar-refractivity contribution in [2.24, 2.45) is 5.10 Å². The molecule has 140 valence electrons. The fourth-order valence-corrected chi connectivity index (χ4v) is 3.38. The minimum Gasteiger partial charge on any atom is -0.488 e. The minimum absolute atomic E-state index is 0.154. The first-order chi connectivity index (χ1) is 13.2. The Morgan fingerprint density at radius 3 is 2.70 bits per heavy atom. The Hall–Kier alpha value is -2.81. The topological polar surface area (TPSA) is 65.9 Å². The largest absolute Gasteiger partial charge is 0.488 e. The van der Waals surface area contributed by atoms with Crippen LogP contribution >= 0.6 is 12.2 Å². The van der Waals surface area contributed by atoms with Crippen LogP contribution < -0.4 is 15.1 Å². The van der Waals surface area contributed by atoms with Gasteiger partial charge in [-0.05, 0) is 30.4 Å². The van der Waals surface area contributed by atoms with Gasteiger partial charge in [-0.1, -0.05) is 0 Å². The number of pyridine rings is 2. The van der Waals surface area contributed by atoms with E-state index in [2.05, 4.69) is 30.3 Å². The molecule has 2 aliphatic rings. The zero-order chi connectivity index (χ0) is 18.6. The minimum atomic E-state index is -0.429. The number of rotatable bonds is 2. The van der Waals surface area contributed by atoms with Gasteiger partial charge in [-0.25, -0.2) is 4.39 Å². The van der Waals surface area contributed by atoms with Crippen molar-refractivity contribution < 1.29 is 9.13 Å². The van der Waals surface area contributed by atoms with Crippen LogP contribution in [0.1, 0.15) is 12.1 Å². The highest BCUT2D eigenvalue weighted by atomic mass is 32.1.